The van der Waals surface area contributed by atoms with Crippen LogP contribution in [0.4, 0.5) is 0 Å². The van der Waals surface area contributed by atoms with Crippen LogP contribution in [-0.4, -0.2) is 38.8 Å². The number of hydrogen-bond donors (Lipinski definition) is 2. The summed E-state index contributed by atoms with van der Waals surface area (Å²) in [6.45, 7) is 3.45. The molecule has 1 aromatic rings. The maximum Gasteiger partial charge on any atom is 0.223 e. The molecule has 1 rings (SSSR count). The van der Waals surface area contributed by atoms with Gasteiger partial charge < -0.3 is 20.5 Å². The van der Waals surface area contributed by atoms with E-state index >= 15 is 0 Å². The molecule has 1 atom stereocenters. The quantitative estimate of drug-likeness (QED) is 0.714. The number of aryl methyl sites for hydroxylation is 1. The van der Waals surface area contributed by atoms with Crippen molar-refractivity contribution in [2.45, 2.75) is 25.8 Å². The number of rotatable bonds is 9. The number of ether oxygens (including phenoxy) is 2. The Labute approximate surface area is 120 Å². The third-order valence-electron chi connectivity index (χ3n) is 2.81. The van der Waals surface area contributed by atoms with E-state index in [1.54, 1.807) is 7.11 Å². The van der Waals surface area contributed by atoms with Crippen LogP contribution >= 0.6 is 0 Å². The van der Waals surface area contributed by atoms with E-state index in [0.717, 1.165) is 11.3 Å². The van der Waals surface area contributed by atoms with Gasteiger partial charge in [0.05, 0.1) is 19.6 Å². The van der Waals surface area contributed by atoms with Crippen LogP contribution in [-0.2, 0) is 9.53 Å². The highest BCUT2D eigenvalue weighted by atomic mass is 16.5. The lowest BCUT2D eigenvalue weighted by atomic mass is 10.2. The minimum atomic E-state index is -0.0381. The summed E-state index contributed by atoms with van der Waals surface area (Å²) in [5.74, 6) is 0.766. The zero-order valence-electron chi connectivity index (χ0n) is 12.2. The highest BCUT2D eigenvalue weighted by Gasteiger charge is 2.04. The van der Waals surface area contributed by atoms with Gasteiger partial charge in [-0.3, -0.25) is 4.79 Å². The standard InChI is InChI=1S/C15H24N2O3/c1-12-4-3-5-14(10-12)20-9-7-15(18)17-8-6-13(16)11-19-2/h3-5,10,13H,6-9,11,16H2,1-2H3,(H,17,18). The number of carbonyl (C=O) groups is 1. The Morgan fingerprint density at radius 3 is 2.95 bits per heavy atom. The number of methoxy groups -OCH3 is 1. The zero-order valence-corrected chi connectivity index (χ0v) is 12.2. The van der Waals surface area contributed by atoms with Gasteiger partial charge in [0.25, 0.3) is 0 Å². The first-order valence-corrected chi connectivity index (χ1v) is 6.82. The summed E-state index contributed by atoms with van der Waals surface area (Å²) < 4.78 is 10.4. The molecule has 5 heteroatoms. The van der Waals surface area contributed by atoms with Crippen molar-refractivity contribution < 1.29 is 14.3 Å². The molecule has 0 radical (unpaired) electrons. The average molecular weight is 280 g/mol. The fourth-order valence-corrected chi connectivity index (χ4v) is 1.75. The smallest absolute Gasteiger partial charge is 0.223 e. The van der Waals surface area contributed by atoms with Gasteiger partial charge in [0, 0.05) is 19.7 Å². The predicted octanol–water partition coefficient (Wildman–Crippen LogP) is 1.24. The average Bonchev–Trinajstić information content (AvgIpc) is 2.39. The van der Waals surface area contributed by atoms with Crippen LogP contribution < -0.4 is 15.8 Å². The van der Waals surface area contributed by atoms with Crippen molar-refractivity contribution in [1.29, 1.82) is 0 Å². The van der Waals surface area contributed by atoms with Crippen LogP contribution in [0.15, 0.2) is 24.3 Å². The van der Waals surface area contributed by atoms with E-state index in [0.29, 0.717) is 32.6 Å². The monoisotopic (exact) mass is 280 g/mol. The number of nitrogens with two attached hydrogens (primary N) is 1. The molecule has 0 aliphatic carbocycles. The SMILES string of the molecule is COCC(N)CCNC(=O)CCOc1cccc(C)c1. The largest absolute Gasteiger partial charge is 0.493 e. The summed E-state index contributed by atoms with van der Waals surface area (Å²) in [5.41, 5.74) is 6.90. The second-order valence-electron chi connectivity index (χ2n) is 4.77. The first-order valence-electron chi connectivity index (χ1n) is 6.82. The van der Waals surface area contributed by atoms with Crippen molar-refractivity contribution in [3.63, 3.8) is 0 Å². The topological polar surface area (TPSA) is 73.6 Å². The van der Waals surface area contributed by atoms with Crippen LogP contribution in [0.25, 0.3) is 0 Å². The number of carbonyl (C=O) groups excluding carboxylic acids is 1. The third-order valence-corrected chi connectivity index (χ3v) is 2.81. The molecule has 0 aromatic heterocycles. The number of hydrogen-bond acceptors (Lipinski definition) is 4. The van der Waals surface area contributed by atoms with Crippen LogP contribution in [0.3, 0.4) is 0 Å². The molecule has 3 N–H and O–H groups in total. The Bertz CT molecular complexity index is 410. The van der Waals surface area contributed by atoms with Crippen LogP contribution in [0.5, 0.6) is 5.75 Å². The lowest BCUT2D eigenvalue weighted by Crippen LogP contribution is -2.33. The minimum Gasteiger partial charge on any atom is -0.493 e. The molecule has 0 bridgehead atoms. The molecule has 1 aromatic carbocycles. The molecular weight excluding hydrogens is 256 g/mol. The Kier molecular flexibility index (Phi) is 7.69. The lowest BCUT2D eigenvalue weighted by Gasteiger charge is -2.11. The molecule has 0 heterocycles. The molecule has 1 amide bonds. The van der Waals surface area contributed by atoms with Crippen molar-refractivity contribution in [1.82, 2.24) is 5.32 Å². The molecule has 0 aliphatic heterocycles. The highest BCUT2D eigenvalue weighted by Crippen LogP contribution is 2.12. The summed E-state index contributed by atoms with van der Waals surface area (Å²) in [6, 6.07) is 7.73. The first kappa shape index (κ1) is 16.5. The number of benzene rings is 1. The van der Waals surface area contributed by atoms with Gasteiger partial charge in [-0.05, 0) is 31.0 Å². The second-order valence-corrected chi connectivity index (χ2v) is 4.77. The number of amides is 1. The summed E-state index contributed by atoms with van der Waals surface area (Å²) in [6.07, 6.45) is 1.05. The molecule has 20 heavy (non-hydrogen) atoms. The maximum atomic E-state index is 11.6. The van der Waals surface area contributed by atoms with Gasteiger partial charge >= 0.3 is 0 Å². The Hall–Kier alpha value is -1.59. The van der Waals surface area contributed by atoms with E-state index in [1.807, 2.05) is 31.2 Å². The fourth-order valence-electron chi connectivity index (χ4n) is 1.75. The highest BCUT2D eigenvalue weighted by molar-refractivity contribution is 5.75. The molecule has 112 valence electrons. The lowest BCUT2D eigenvalue weighted by molar-refractivity contribution is -0.121. The molecule has 1 unspecified atom stereocenters. The second kappa shape index (κ2) is 9.34. The zero-order chi connectivity index (χ0) is 14.8. The summed E-state index contributed by atoms with van der Waals surface area (Å²) in [7, 11) is 1.61. The third kappa shape index (κ3) is 7.11. The van der Waals surface area contributed by atoms with Gasteiger partial charge in [-0.25, -0.2) is 0 Å². The van der Waals surface area contributed by atoms with Gasteiger partial charge in [-0.2, -0.15) is 0 Å². The maximum absolute atomic E-state index is 11.6. The molecule has 5 nitrogen and oxygen atoms in total. The number of nitrogens with one attached hydrogen (secondary N) is 1. The van der Waals surface area contributed by atoms with Crippen molar-refractivity contribution in [2.24, 2.45) is 5.73 Å². The van der Waals surface area contributed by atoms with Crippen LogP contribution in [0.2, 0.25) is 0 Å². The van der Waals surface area contributed by atoms with E-state index in [-0.39, 0.29) is 11.9 Å². The van der Waals surface area contributed by atoms with Crippen molar-refractivity contribution in [3.05, 3.63) is 29.8 Å². The fraction of sp³-hybridized carbons (Fsp3) is 0.533. The Morgan fingerprint density at radius 1 is 1.45 bits per heavy atom. The van der Waals surface area contributed by atoms with Gasteiger partial charge in [0.1, 0.15) is 5.75 Å². The van der Waals surface area contributed by atoms with E-state index in [4.69, 9.17) is 15.2 Å². The van der Waals surface area contributed by atoms with E-state index in [2.05, 4.69) is 5.32 Å². The van der Waals surface area contributed by atoms with E-state index < -0.39 is 0 Å². The predicted molar refractivity (Wildman–Crippen MR) is 78.8 cm³/mol. The van der Waals surface area contributed by atoms with Gasteiger partial charge in [0.15, 0.2) is 0 Å². The molecule has 0 aliphatic rings. The van der Waals surface area contributed by atoms with Crippen molar-refractivity contribution in [3.8, 4) is 5.75 Å². The molecule has 0 fully saturated rings. The first-order chi connectivity index (χ1) is 9.61. The summed E-state index contributed by atoms with van der Waals surface area (Å²) in [4.78, 5) is 11.6. The molecule has 0 saturated carbocycles. The minimum absolute atomic E-state index is 0.0257. The summed E-state index contributed by atoms with van der Waals surface area (Å²) in [5, 5.41) is 2.82. The van der Waals surface area contributed by atoms with Gasteiger partial charge in [-0.15, -0.1) is 0 Å². The van der Waals surface area contributed by atoms with Crippen molar-refractivity contribution in [2.75, 3.05) is 26.9 Å². The normalized spacial score (nSPS) is 11.9. The van der Waals surface area contributed by atoms with E-state index in [9.17, 15) is 4.79 Å². The van der Waals surface area contributed by atoms with E-state index in [1.165, 1.54) is 0 Å². The Balaban J connectivity index is 2.11. The van der Waals surface area contributed by atoms with Crippen LogP contribution in [0, 0.1) is 6.92 Å². The van der Waals surface area contributed by atoms with Gasteiger partial charge in [0.2, 0.25) is 5.91 Å². The molecular formula is C15H24N2O3. The van der Waals surface area contributed by atoms with Gasteiger partial charge in [-0.1, -0.05) is 12.1 Å². The molecule has 0 spiro atoms. The molecule has 0 saturated heterocycles. The summed E-state index contributed by atoms with van der Waals surface area (Å²) >= 11 is 0. The van der Waals surface area contributed by atoms with Crippen molar-refractivity contribution >= 4 is 5.91 Å². The Morgan fingerprint density at radius 2 is 2.25 bits per heavy atom. The van der Waals surface area contributed by atoms with Crippen LogP contribution in [0.1, 0.15) is 18.4 Å².